The van der Waals surface area contributed by atoms with Crippen LogP contribution in [0.2, 0.25) is 0 Å². The molecule has 0 unspecified atom stereocenters. The molecule has 0 aliphatic carbocycles. The van der Waals surface area contributed by atoms with Gasteiger partial charge in [-0.3, -0.25) is 4.98 Å². The first-order chi connectivity index (χ1) is 9.24. The van der Waals surface area contributed by atoms with Crippen LogP contribution in [0.25, 0.3) is 10.9 Å². The van der Waals surface area contributed by atoms with E-state index in [1.165, 1.54) is 0 Å². The van der Waals surface area contributed by atoms with Crippen LogP contribution in [0.3, 0.4) is 0 Å². The molecule has 0 radical (unpaired) electrons. The van der Waals surface area contributed by atoms with Gasteiger partial charge in [0, 0.05) is 15.5 Å². The molecule has 0 amide bonds. The Morgan fingerprint density at radius 3 is 2.63 bits per heavy atom. The van der Waals surface area contributed by atoms with E-state index in [1.54, 1.807) is 6.20 Å². The fourth-order valence-corrected chi connectivity index (χ4v) is 2.35. The van der Waals surface area contributed by atoms with Crippen molar-refractivity contribution in [2.45, 2.75) is 0 Å². The van der Waals surface area contributed by atoms with E-state index in [0.717, 1.165) is 26.8 Å². The van der Waals surface area contributed by atoms with Crippen molar-refractivity contribution in [3.8, 4) is 0 Å². The first-order valence-electron chi connectivity index (χ1n) is 5.90. The molecule has 2 aromatic carbocycles. The third kappa shape index (κ3) is 2.39. The van der Waals surface area contributed by atoms with Gasteiger partial charge in [-0.1, -0.05) is 34.1 Å². The SMILES string of the molecule is Nc1cnc2ccc(Br)cc2c1Nc1ccccc1. The van der Waals surface area contributed by atoms with Crippen molar-refractivity contribution in [2.75, 3.05) is 11.1 Å². The molecule has 94 valence electrons. The number of nitrogens with zero attached hydrogens (tertiary/aromatic N) is 1. The lowest BCUT2D eigenvalue weighted by Crippen LogP contribution is -1.98. The normalized spacial score (nSPS) is 10.6. The van der Waals surface area contributed by atoms with Gasteiger partial charge in [0.2, 0.25) is 0 Å². The third-order valence-corrected chi connectivity index (χ3v) is 3.40. The predicted octanol–water partition coefficient (Wildman–Crippen LogP) is 4.32. The van der Waals surface area contributed by atoms with Crippen molar-refractivity contribution in [1.29, 1.82) is 0 Å². The largest absolute Gasteiger partial charge is 0.396 e. The molecule has 0 aliphatic heterocycles. The maximum absolute atomic E-state index is 6.04. The summed E-state index contributed by atoms with van der Waals surface area (Å²) in [7, 11) is 0. The van der Waals surface area contributed by atoms with Gasteiger partial charge in [0.05, 0.1) is 23.1 Å². The number of nitrogen functional groups attached to an aromatic ring is 1. The van der Waals surface area contributed by atoms with Gasteiger partial charge < -0.3 is 11.1 Å². The van der Waals surface area contributed by atoms with Gasteiger partial charge in [-0.05, 0) is 30.3 Å². The van der Waals surface area contributed by atoms with E-state index in [4.69, 9.17) is 5.73 Å². The molecule has 0 bridgehead atoms. The second-order valence-corrected chi connectivity index (χ2v) is 5.16. The zero-order valence-corrected chi connectivity index (χ0v) is 11.7. The van der Waals surface area contributed by atoms with E-state index in [9.17, 15) is 0 Å². The number of pyridine rings is 1. The molecule has 3 N–H and O–H groups in total. The summed E-state index contributed by atoms with van der Waals surface area (Å²) in [6.45, 7) is 0. The predicted molar refractivity (Wildman–Crippen MR) is 83.6 cm³/mol. The summed E-state index contributed by atoms with van der Waals surface area (Å²) in [5.74, 6) is 0. The van der Waals surface area contributed by atoms with Gasteiger partial charge in [-0.25, -0.2) is 0 Å². The summed E-state index contributed by atoms with van der Waals surface area (Å²) < 4.78 is 1.00. The molecule has 4 heteroatoms. The zero-order chi connectivity index (χ0) is 13.2. The van der Waals surface area contributed by atoms with Gasteiger partial charge in [-0.2, -0.15) is 0 Å². The van der Waals surface area contributed by atoms with Crippen molar-refractivity contribution < 1.29 is 0 Å². The fraction of sp³-hybridized carbons (Fsp3) is 0. The van der Waals surface area contributed by atoms with Crippen molar-refractivity contribution in [2.24, 2.45) is 0 Å². The first-order valence-corrected chi connectivity index (χ1v) is 6.69. The van der Waals surface area contributed by atoms with Crippen LogP contribution >= 0.6 is 15.9 Å². The highest BCUT2D eigenvalue weighted by Crippen LogP contribution is 2.32. The lowest BCUT2D eigenvalue weighted by Gasteiger charge is -2.12. The number of nitrogens with one attached hydrogen (secondary N) is 1. The molecular weight excluding hydrogens is 302 g/mol. The van der Waals surface area contributed by atoms with E-state index < -0.39 is 0 Å². The Bertz CT molecular complexity index is 721. The Kier molecular flexibility index (Phi) is 3.09. The smallest absolute Gasteiger partial charge is 0.0746 e. The molecule has 0 spiro atoms. The number of halogens is 1. The van der Waals surface area contributed by atoms with Gasteiger partial charge in [-0.15, -0.1) is 0 Å². The number of hydrogen-bond donors (Lipinski definition) is 2. The third-order valence-electron chi connectivity index (χ3n) is 2.90. The molecule has 1 aromatic heterocycles. The topological polar surface area (TPSA) is 50.9 Å². The van der Waals surface area contributed by atoms with Crippen LogP contribution in [0, 0.1) is 0 Å². The summed E-state index contributed by atoms with van der Waals surface area (Å²) in [6, 6.07) is 15.9. The molecule has 3 rings (SSSR count). The van der Waals surface area contributed by atoms with Crippen LogP contribution in [0.1, 0.15) is 0 Å². The van der Waals surface area contributed by atoms with Crippen LogP contribution < -0.4 is 11.1 Å². The van der Waals surface area contributed by atoms with Crippen molar-refractivity contribution >= 4 is 43.9 Å². The van der Waals surface area contributed by atoms with Gasteiger partial charge in [0.15, 0.2) is 0 Å². The average molecular weight is 314 g/mol. The Labute approximate surface area is 119 Å². The maximum atomic E-state index is 6.04. The summed E-state index contributed by atoms with van der Waals surface area (Å²) in [4.78, 5) is 4.34. The summed E-state index contributed by atoms with van der Waals surface area (Å²) in [5, 5.41) is 4.35. The van der Waals surface area contributed by atoms with Crippen molar-refractivity contribution in [1.82, 2.24) is 4.98 Å². The Morgan fingerprint density at radius 1 is 1.05 bits per heavy atom. The fourth-order valence-electron chi connectivity index (χ4n) is 1.99. The van der Waals surface area contributed by atoms with Gasteiger partial charge >= 0.3 is 0 Å². The Hall–Kier alpha value is -2.07. The van der Waals surface area contributed by atoms with Crippen LogP contribution in [0.5, 0.6) is 0 Å². The van der Waals surface area contributed by atoms with Crippen molar-refractivity contribution in [3.63, 3.8) is 0 Å². The van der Waals surface area contributed by atoms with Crippen LogP contribution in [0.15, 0.2) is 59.2 Å². The lowest BCUT2D eigenvalue weighted by atomic mass is 10.1. The van der Waals surface area contributed by atoms with Crippen LogP contribution in [-0.4, -0.2) is 4.98 Å². The summed E-state index contributed by atoms with van der Waals surface area (Å²) in [5.41, 5.74) is 9.48. The number of aromatic nitrogens is 1. The van der Waals surface area contributed by atoms with E-state index in [0.29, 0.717) is 5.69 Å². The highest BCUT2D eigenvalue weighted by Gasteiger charge is 2.07. The minimum Gasteiger partial charge on any atom is -0.396 e. The maximum Gasteiger partial charge on any atom is 0.0746 e. The molecule has 0 fully saturated rings. The molecule has 0 atom stereocenters. The molecule has 1 heterocycles. The first kappa shape index (κ1) is 12.0. The van der Waals surface area contributed by atoms with E-state index in [1.807, 2.05) is 48.5 Å². The molecule has 0 aliphatic rings. The standard InChI is InChI=1S/C15H12BrN3/c16-10-6-7-14-12(8-10)15(13(17)9-18-14)19-11-4-2-1-3-5-11/h1-9H,17H2,(H,18,19). The minimum atomic E-state index is 0.634. The van der Waals surface area contributed by atoms with E-state index >= 15 is 0 Å². The number of hydrogen-bond acceptors (Lipinski definition) is 3. The number of nitrogens with two attached hydrogens (primary N) is 1. The number of para-hydroxylation sites is 1. The zero-order valence-electron chi connectivity index (χ0n) is 10.1. The van der Waals surface area contributed by atoms with E-state index in [2.05, 4.69) is 26.2 Å². The number of fused-ring (bicyclic) bond motifs is 1. The number of benzene rings is 2. The van der Waals surface area contributed by atoms with E-state index in [-0.39, 0.29) is 0 Å². The van der Waals surface area contributed by atoms with Crippen molar-refractivity contribution in [3.05, 3.63) is 59.2 Å². The Balaban J connectivity index is 2.16. The highest BCUT2D eigenvalue weighted by molar-refractivity contribution is 9.10. The number of rotatable bonds is 2. The molecule has 3 nitrogen and oxygen atoms in total. The number of anilines is 3. The molecule has 19 heavy (non-hydrogen) atoms. The second kappa shape index (κ2) is 4.90. The Morgan fingerprint density at radius 2 is 1.84 bits per heavy atom. The van der Waals surface area contributed by atoms with Gasteiger partial charge in [0.25, 0.3) is 0 Å². The van der Waals surface area contributed by atoms with Crippen LogP contribution in [0.4, 0.5) is 17.1 Å². The molecule has 3 aromatic rings. The highest BCUT2D eigenvalue weighted by atomic mass is 79.9. The molecular formula is C15H12BrN3. The summed E-state index contributed by atoms with van der Waals surface area (Å²) in [6.07, 6.45) is 1.68. The molecule has 0 saturated heterocycles. The quantitative estimate of drug-likeness (QED) is 0.740. The second-order valence-electron chi connectivity index (χ2n) is 4.24. The molecule has 0 saturated carbocycles. The average Bonchev–Trinajstić information content (AvgIpc) is 2.43. The monoisotopic (exact) mass is 313 g/mol. The van der Waals surface area contributed by atoms with Crippen LogP contribution in [-0.2, 0) is 0 Å². The van der Waals surface area contributed by atoms with Gasteiger partial charge in [0.1, 0.15) is 0 Å². The summed E-state index contributed by atoms with van der Waals surface area (Å²) >= 11 is 3.48. The minimum absolute atomic E-state index is 0.634. The lowest BCUT2D eigenvalue weighted by molar-refractivity contribution is 1.40.